The summed E-state index contributed by atoms with van der Waals surface area (Å²) in [6.07, 6.45) is 0. The molecule has 0 fully saturated rings. The van der Waals surface area contributed by atoms with Crippen molar-refractivity contribution in [2.75, 3.05) is 13.9 Å². The maximum atomic E-state index is 16.8. The van der Waals surface area contributed by atoms with Crippen molar-refractivity contribution in [2.45, 2.75) is 71.4 Å². The lowest BCUT2D eigenvalue weighted by Gasteiger charge is -2.35. The van der Waals surface area contributed by atoms with Crippen molar-refractivity contribution in [3.63, 3.8) is 0 Å². The van der Waals surface area contributed by atoms with E-state index in [0.717, 1.165) is 27.6 Å². The summed E-state index contributed by atoms with van der Waals surface area (Å²) in [5, 5.41) is 8.68. The number of nitrogens with zero attached hydrogens (tertiary/aromatic N) is 2. The van der Waals surface area contributed by atoms with E-state index >= 15 is 8.78 Å². The molecule has 4 aromatic rings. The van der Waals surface area contributed by atoms with Crippen LogP contribution in [0, 0.1) is 22.2 Å². The molecule has 0 N–H and O–H groups in total. The molecule has 12 nitrogen and oxygen atoms in total. The van der Waals surface area contributed by atoms with Gasteiger partial charge >= 0.3 is 32.5 Å². The summed E-state index contributed by atoms with van der Waals surface area (Å²) in [7, 11) is -4.98. The zero-order valence-electron chi connectivity index (χ0n) is 32.8. The lowest BCUT2D eigenvalue weighted by molar-refractivity contribution is -0.425. The van der Waals surface area contributed by atoms with E-state index in [9.17, 15) is 27.8 Å². The number of rotatable bonds is 16. The molecule has 0 amide bonds. The van der Waals surface area contributed by atoms with E-state index in [4.69, 9.17) is 35.1 Å². The molecule has 0 bridgehead atoms. The summed E-state index contributed by atoms with van der Waals surface area (Å²) in [5.74, 6) is -10.3. The van der Waals surface area contributed by atoms with Crippen molar-refractivity contribution in [3.05, 3.63) is 118 Å². The van der Waals surface area contributed by atoms with Crippen LogP contribution in [-0.4, -0.2) is 44.5 Å². The average molecular weight is 860 g/mol. The predicted molar refractivity (Wildman–Crippen MR) is 211 cm³/mol. The summed E-state index contributed by atoms with van der Waals surface area (Å²) in [6, 6.07) is 25.2. The number of para-hydroxylation sites is 1. The Bertz CT molecular complexity index is 2290. The lowest BCUT2D eigenvalue weighted by atomic mass is 9.97. The molecule has 0 radical (unpaired) electrons. The summed E-state index contributed by atoms with van der Waals surface area (Å²) in [6.45, 7) is 6.86. The smallest absolute Gasteiger partial charge is 0.495 e. The summed E-state index contributed by atoms with van der Waals surface area (Å²) in [5.41, 5.74) is -0.712. The van der Waals surface area contributed by atoms with Gasteiger partial charge in [-0.05, 0) is 98.7 Å². The van der Waals surface area contributed by atoms with E-state index in [1.807, 2.05) is 6.07 Å². The molecule has 0 aromatic heterocycles. The maximum Gasteiger partial charge on any atom is 0.501 e. The van der Waals surface area contributed by atoms with Crippen LogP contribution in [0.25, 0.3) is 11.1 Å². The highest BCUT2D eigenvalue weighted by molar-refractivity contribution is 7.89. The molecule has 58 heavy (non-hydrogen) atoms. The minimum Gasteiger partial charge on any atom is -0.495 e. The van der Waals surface area contributed by atoms with Crippen LogP contribution < -0.4 is 4.74 Å². The van der Waals surface area contributed by atoms with Gasteiger partial charge in [0.25, 0.3) is 0 Å². The first kappa shape index (κ1) is 45.9. The van der Waals surface area contributed by atoms with E-state index in [1.165, 1.54) is 72.9 Å². The van der Waals surface area contributed by atoms with Crippen LogP contribution in [0.4, 0.5) is 8.78 Å². The molecule has 0 aliphatic rings. The number of ether oxygens (including phenoxy) is 4. The van der Waals surface area contributed by atoms with E-state index in [1.54, 1.807) is 48.5 Å². The lowest BCUT2D eigenvalue weighted by Crippen LogP contribution is -2.54. The first-order valence-electron chi connectivity index (χ1n) is 17.6. The average Bonchev–Trinajstić information content (AvgIpc) is 3.17. The second kappa shape index (κ2) is 18.4. The molecule has 308 valence electrons. The number of nitriles is 1. The number of hydrogen-bond donors (Lipinski definition) is 0. The quantitative estimate of drug-likeness (QED) is 0.0601. The van der Waals surface area contributed by atoms with E-state index in [2.05, 4.69) is 6.07 Å². The predicted octanol–water partition coefficient (Wildman–Crippen LogP) is 9.13. The van der Waals surface area contributed by atoms with Crippen molar-refractivity contribution >= 4 is 42.2 Å². The summed E-state index contributed by atoms with van der Waals surface area (Å²) in [4.78, 5) is 25.3. The van der Waals surface area contributed by atoms with Crippen molar-refractivity contribution in [2.24, 2.45) is 10.8 Å². The fourth-order valence-corrected chi connectivity index (χ4v) is 7.49. The summed E-state index contributed by atoms with van der Waals surface area (Å²) < 4.78 is 101. The van der Waals surface area contributed by atoms with Crippen molar-refractivity contribution in [1.82, 2.24) is 4.31 Å². The number of alkyl halides is 2. The molecule has 2 unspecified atom stereocenters. The Morgan fingerprint density at radius 1 is 0.828 bits per heavy atom. The number of carbonyl (C=O) groups excluding carboxylic acids is 2. The van der Waals surface area contributed by atoms with E-state index in [0.29, 0.717) is 11.1 Å². The Morgan fingerprint density at radius 2 is 1.45 bits per heavy atom. The minimum absolute atomic E-state index is 0.0710. The van der Waals surface area contributed by atoms with Crippen LogP contribution in [0.15, 0.2) is 95.9 Å². The number of halogens is 3. The van der Waals surface area contributed by atoms with Crippen LogP contribution in [0.3, 0.4) is 0 Å². The van der Waals surface area contributed by atoms with Gasteiger partial charge in [-0.1, -0.05) is 76.8 Å². The molecule has 2 atom stereocenters. The molecule has 0 aliphatic carbocycles. The third kappa shape index (κ3) is 10.6. The molecular formula is C41H43ClF2N2O10PS+. The highest BCUT2D eigenvalue weighted by Gasteiger charge is 2.67. The van der Waals surface area contributed by atoms with Crippen LogP contribution in [-0.2, 0) is 61.9 Å². The number of hydrogen-bond acceptors (Lipinski definition) is 11. The fourth-order valence-electron chi connectivity index (χ4n) is 5.26. The van der Waals surface area contributed by atoms with Gasteiger partial charge in [0.2, 0.25) is 10.0 Å². The molecule has 0 spiro atoms. The van der Waals surface area contributed by atoms with Gasteiger partial charge in [0.05, 0.1) is 34.6 Å². The monoisotopic (exact) mass is 859 g/mol. The van der Waals surface area contributed by atoms with Gasteiger partial charge in [0, 0.05) is 18.7 Å². The molecule has 17 heteroatoms. The first-order chi connectivity index (χ1) is 27.1. The van der Waals surface area contributed by atoms with Gasteiger partial charge < -0.3 is 14.2 Å². The molecule has 0 saturated heterocycles. The Labute approximate surface area is 342 Å². The third-order valence-electron chi connectivity index (χ3n) is 8.51. The zero-order chi connectivity index (χ0) is 43.1. The largest absolute Gasteiger partial charge is 0.501 e. The topological polar surface area (TPSA) is 159 Å². The van der Waals surface area contributed by atoms with Gasteiger partial charge in [0.15, 0.2) is 6.79 Å². The van der Waals surface area contributed by atoms with Crippen LogP contribution in [0.2, 0.25) is 5.02 Å². The molecule has 0 aliphatic heterocycles. The second-order valence-corrected chi connectivity index (χ2v) is 17.7. The van der Waals surface area contributed by atoms with Gasteiger partial charge in [-0.15, -0.1) is 0 Å². The highest BCUT2D eigenvalue weighted by atomic mass is 35.5. The Balaban J connectivity index is 1.75. The van der Waals surface area contributed by atoms with Crippen molar-refractivity contribution in [3.8, 4) is 22.9 Å². The normalized spacial score (nSPS) is 13.4. The van der Waals surface area contributed by atoms with Crippen LogP contribution in [0.5, 0.6) is 5.75 Å². The zero-order valence-corrected chi connectivity index (χ0v) is 35.4. The first-order valence-corrected chi connectivity index (χ1v) is 20.2. The molecular weight excluding hydrogens is 817 g/mol. The number of esters is 2. The number of sulfonamides is 1. The SMILES string of the molecule is COc1ccccc1S(=O)(=O)N(Cc1ccc(-c2cccc(C#N)c2)cc1)Cc1ccc(C(F)(F)C(OCOC(=O)C(C)(C)C)(O[PH+]=O)OC(=O)C(C)(C)C)c(Cl)c1. The number of methoxy groups -OCH3 is 1. The van der Waals surface area contributed by atoms with Crippen molar-refractivity contribution in [1.29, 1.82) is 5.26 Å². The number of benzene rings is 4. The Hall–Kier alpha value is -4.81. The van der Waals surface area contributed by atoms with Crippen LogP contribution >= 0.6 is 20.3 Å². The van der Waals surface area contributed by atoms with Gasteiger partial charge in [-0.25, -0.2) is 8.42 Å². The molecule has 0 heterocycles. The third-order valence-corrected chi connectivity index (χ3v) is 11.0. The van der Waals surface area contributed by atoms with Gasteiger partial charge in [0.1, 0.15) is 10.6 Å². The number of carbonyl (C=O) groups is 2. The Morgan fingerprint density at radius 3 is 2.03 bits per heavy atom. The molecule has 0 saturated carbocycles. The summed E-state index contributed by atoms with van der Waals surface area (Å²) >= 11 is 6.51. The maximum absolute atomic E-state index is 16.8. The standard InChI is InChI=1S/C41H43ClF2N2O10PS/c1-38(2,3)36(47)53-26-54-41(56-57-49,55-37(48)39(4,5)6)40(43,44)32-20-17-29(22-33(32)42)25-46(58(50,51)35-14-9-8-13-34(35)52-7)24-27-15-18-30(19-16-27)31-12-10-11-28(21-31)23-45/h8-22,57H,24-26H2,1-7H3/q+1. The molecule has 4 aromatic carbocycles. The Kier molecular flexibility index (Phi) is 14.6. The fraction of sp³-hybridized carbons (Fsp3) is 0.341. The van der Waals surface area contributed by atoms with Crippen LogP contribution in [0.1, 0.15) is 63.8 Å². The van der Waals surface area contributed by atoms with Gasteiger partial charge in [-0.2, -0.15) is 18.3 Å². The second-order valence-electron chi connectivity index (χ2n) is 15.0. The molecule has 4 rings (SSSR count). The minimum atomic E-state index is -4.52. The van der Waals surface area contributed by atoms with Crippen molar-refractivity contribution < 1.29 is 54.8 Å². The highest BCUT2D eigenvalue weighted by Crippen LogP contribution is 2.48. The van der Waals surface area contributed by atoms with E-state index < -0.39 is 70.8 Å². The van der Waals surface area contributed by atoms with E-state index in [-0.39, 0.29) is 29.3 Å². The van der Waals surface area contributed by atoms with Gasteiger partial charge in [-0.3, -0.25) is 14.3 Å².